The number of benzene rings is 2. The van der Waals surface area contributed by atoms with Crippen molar-refractivity contribution in [2.75, 3.05) is 46.9 Å². The smallest absolute Gasteiger partial charge is 0.161 e. The topological polar surface area (TPSA) is 45.2 Å². The van der Waals surface area contributed by atoms with Crippen molar-refractivity contribution in [3.05, 3.63) is 53.1 Å². The van der Waals surface area contributed by atoms with Crippen LogP contribution in [0.15, 0.2) is 36.4 Å². The first kappa shape index (κ1) is 27.0. The Bertz CT molecular complexity index is 1160. The van der Waals surface area contributed by atoms with Crippen LogP contribution in [0, 0.1) is 29.1 Å². The summed E-state index contributed by atoms with van der Waals surface area (Å²) in [4.78, 5) is 4.92. The van der Waals surface area contributed by atoms with Gasteiger partial charge in [-0.2, -0.15) is 0 Å². The second-order valence-electron chi connectivity index (χ2n) is 13.4. The van der Waals surface area contributed by atoms with Gasteiger partial charge in [-0.15, -0.1) is 0 Å². The lowest BCUT2D eigenvalue weighted by molar-refractivity contribution is 0.000861. The predicted molar refractivity (Wildman–Crippen MR) is 157 cm³/mol. The molecule has 1 N–H and O–H groups in total. The third-order valence-corrected chi connectivity index (χ3v) is 11.2. The van der Waals surface area contributed by atoms with Crippen molar-refractivity contribution >= 4 is 0 Å². The summed E-state index contributed by atoms with van der Waals surface area (Å²) in [6.07, 6.45) is 7.49. The Hall–Kier alpha value is -2.24. The highest BCUT2D eigenvalue weighted by Gasteiger charge is 2.55. The molecule has 5 unspecified atom stereocenters. The molecule has 3 fully saturated rings. The largest absolute Gasteiger partial charge is 0.508 e. The highest BCUT2D eigenvalue weighted by Crippen LogP contribution is 2.64. The Morgan fingerprint density at radius 2 is 1.82 bits per heavy atom. The van der Waals surface area contributed by atoms with Crippen LogP contribution < -0.4 is 9.47 Å². The van der Waals surface area contributed by atoms with Gasteiger partial charge < -0.3 is 19.5 Å². The summed E-state index contributed by atoms with van der Waals surface area (Å²) in [5.41, 5.74) is 4.61. The van der Waals surface area contributed by atoms with E-state index in [2.05, 4.69) is 55.0 Å². The van der Waals surface area contributed by atoms with E-state index in [0.29, 0.717) is 23.0 Å². The number of aromatic hydroxyl groups is 1. The first-order chi connectivity index (χ1) is 18.9. The quantitative estimate of drug-likeness (QED) is 0.451. The first-order valence-corrected chi connectivity index (χ1v) is 15.4. The molecule has 3 aliphatic carbocycles. The number of fused-ring (bicyclic) bond motifs is 5. The van der Waals surface area contributed by atoms with Gasteiger partial charge in [0, 0.05) is 32.7 Å². The van der Waals surface area contributed by atoms with Crippen LogP contribution in [-0.4, -0.2) is 61.8 Å². The number of rotatable bonds is 7. The zero-order valence-corrected chi connectivity index (χ0v) is 24.5. The average Bonchev–Trinajstić information content (AvgIpc) is 3.26. The molecule has 5 nitrogen and oxygen atoms in total. The Kier molecular flexibility index (Phi) is 7.58. The molecule has 0 radical (unpaired) electrons. The van der Waals surface area contributed by atoms with E-state index in [0.717, 1.165) is 81.4 Å². The molecule has 1 heterocycles. The monoisotopic (exact) mass is 532 g/mol. The molecule has 5 heteroatoms. The summed E-state index contributed by atoms with van der Waals surface area (Å²) in [6.45, 7) is 11.3. The Balaban J connectivity index is 1.08. The van der Waals surface area contributed by atoms with E-state index >= 15 is 0 Å². The van der Waals surface area contributed by atoms with Crippen LogP contribution in [0.1, 0.15) is 68.6 Å². The zero-order valence-electron chi connectivity index (χ0n) is 24.5. The number of methoxy groups -OCH3 is 1. The third kappa shape index (κ3) is 5.17. The Morgan fingerprint density at radius 1 is 1.00 bits per heavy atom. The average molecular weight is 533 g/mol. The predicted octanol–water partition coefficient (Wildman–Crippen LogP) is 6.34. The maximum absolute atomic E-state index is 10.1. The van der Waals surface area contributed by atoms with Gasteiger partial charge in [-0.1, -0.05) is 26.0 Å². The summed E-state index contributed by atoms with van der Waals surface area (Å²) < 4.78 is 12.2. The Morgan fingerprint density at radius 3 is 2.62 bits per heavy atom. The van der Waals surface area contributed by atoms with Crippen molar-refractivity contribution in [2.24, 2.45) is 29.1 Å². The van der Waals surface area contributed by atoms with Crippen LogP contribution in [0.2, 0.25) is 0 Å². The van der Waals surface area contributed by atoms with E-state index in [-0.39, 0.29) is 0 Å². The molecule has 2 aromatic rings. The number of hydrogen-bond donors (Lipinski definition) is 1. The summed E-state index contributed by atoms with van der Waals surface area (Å²) in [6, 6.07) is 12.7. The maximum Gasteiger partial charge on any atom is 0.161 e. The van der Waals surface area contributed by atoms with Crippen molar-refractivity contribution in [3.8, 4) is 17.2 Å². The van der Waals surface area contributed by atoms with Crippen LogP contribution in [-0.2, 0) is 13.0 Å². The normalized spacial score (nSPS) is 32.8. The van der Waals surface area contributed by atoms with Crippen molar-refractivity contribution in [1.82, 2.24) is 9.80 Å². The number of ether oxygens (including phenoxy) is 2. The van der Waals surface area contributed by atoms with E-state index < -0.39 is 0 Å². The van der Waals surface area contributed by atoms with Crippen LogP contribution in [0.5, 0.6) is 17.2 Å². The van der Waals surface area contributed by atoms with Gasteiger partial charge in [-0.3, -0.25) is 4.90 Å². The van der Waals surface area contributed by atoms with Gasteiger partial charge in [-0.05, 0) is 122 Å². The Labute approximate surface area is 235 Å². The number of phenolic OH excluding ortho intramolecular Hbond substituents is 1. The van der Waals surface area contributed by atoms with Crippen LogP contribution in [0.4, 0.5) is 0 Å². The van der Waals surface area contributed by atoms with Gasteiger partial charge in [0.15, 0.2) is 11.5 Å². The number of phenols is 1. The number of likely N-dealkylation sites (N-methyl/N-ethyl adjacent to an activating group) is 1. The molecule has 2 saturated carbocycles. The van der Waals surface area contributed by atoms with Gasteiger partial charge in [0.25, 0.3) is 0 Å². The molecule has 39 heavy (non-hydrogen) atoms. The highest BCUT2D eigenvalue weighted by atomic mass is 16.5. The lowest BCUT2D eigenvalue weighted by Gasteiger charge is -2.53. The molecule has 0 spiro atoms. The van der Waals surface area contributed by atoms with E-state index in [1.165, 1.54) is 42.4 Å². The van der Waals surface area contributed by atoms with Gasteiger partial charge in [-0.25, -0.2) is 0 Å². The number of piperazine rings is 1. The molecular weight excluding hydrogens is 484 g/mol. The lowest BCUT2D eigenvalue weighted by atomic mass is 9.51. The van der Waals surface area contributed by atoms with Crippen LogP contribution >= 0.6 is 0 Å². The molecule has 0 aromatic heterocycles. The minimum atomic E-state index is 0.406. The molecule has 4 aliphatic rings. The van der Waals surface area contributed by atoms with Crippen LogP contribution in [0.25, 0.3) is 0 Å². The van der Waals surface area contributed by atoms with Gasteiger partial charge in [0.2, 0.25) is 0 Å². The van der Waals surface area contributed by atoms with E-state index in [4.69, 9.17) is 9.47 Å². The first-order valence-electron chi connectivity index (χ1n) is 15.4. The summed E-state index contributed by atoms with van der Waals surface area (Å²) in [7, 11) is 3.96. The van der Waals surface area contributed by atoms with Crippen molar-refractivity contribution in [1.29, 1.82) is 0 Å². The fraction of sp³-hybridized carbons (Fsp3) is 0.647. The highest BCUT2D eigenvalue weighted by molar-refractivity contribution is 5.43. The van der Waals surface area contributed by atoms with E-state index in [1.807, 2.05) is 12.1 Å². The van der Waals surface area contributed by atoms with E-state index in [1.54, 1.807) is 7.11 Å². The number of hydrogen-bond acceptors (Lipinski definition) is 5. The summed E-state index contributed by atoms with van der Waals surface area (Å²) >= 11 is 0. The number of nitrogens with zero attached hydrogens (tertiary/aromatic N) is 2. The van der Waals surface area contributed by atoms with Gasteiger partial charge in [0.1, 0.15) is 5.75 Å². The van der Waals surface area contributed by atoms with E-state index in [9.17, 15) is 5.11 Å². The molecule has 6 rings (SSSR count). The van der Waals surface area contributed by atoms with Crippen LogP contribution in [0.3, 0.4) is 0 Å². The SMILES string of the molecule is COc1cc(CN2CCN(C)CC2)ccc1OCC[C@H]1CCC2C3C(C)Cc4cc(O)ccc4C3CCC21C. The maximum atomic E-state index is 10.1. The van der Waals surface area contributed by atoms with Gasteiger partial charge >= 0.3 is 0 Å². The van der Waals surface area contributed by atoms with Crippen molar-refractivity contribution in [3.63, 3.8) is 0 Å². The standard InChI is InChI=1S/C34H48N2O3/c1-23-19-25-21-27(37)7-8-28(25)29-11-13-34(2)26(6-9-30(34)33(23)29)12-18-39-31-10-5-24(20-32(31)38-4)22-36-16-14-35(3)15-17-36/h5,7-8,10,20-21,23,26,29-30,33,37H,6,9,11-19,22H2,1-4H3/t23?,26-,29?,30?,33?,34?/m1/s1. The minimum Gasteiger partial charge on any atom is -0.508 e. The molecule has 2 aromatic carbocycles. The molecule has 0 bridgehead atoms. The molecule has 6 atom stereocenters. The van der Waals surface area contributed by atoms with Crippen molar-refractivity contribution in [2.45, 2.75) is 64.8 Å². The summed E-state index contributed by atoms with van der Waals surface area (Å²) in [5.74, 6) is 5.77. The lowest BCUT2D eigenvalue weighted by Crippen LogP contribution is -2.45. The summed E-state index contributed by atoms with van der Waals surface area (Å²) in [5, 5.41) is 10.1. The fourth-order valence-corrected chi connectivity index (χ4v) is 9.05. The van der Waals surface area contributed by atoms with Gasteiger partial charge in [0.05, 0.1) is 13.7 Å². The molecule has 1 aliphatic heterocycles. The fourth-order valence-electron chi connectivity index (χ4n) is 9.05. The third-order valence-electron chi connectivity index (χ3n) is 11.2. The zero-order chi connectivity index (χ0) is 27.1. The second kappa shape index (κ2) is 11.0. The molecular formula is C34H48N2O3. The second-order valence-corrected chi connectivity index (χ2v) is 13.4. The molecule has 1 saturated heterocycles. The van der Waals surface area contributed by atoms with Crippen molar-refractivity contribution < 1.29 is 14.6 Å². The molecule has 212 valence electrons. The minimum absolute atomic E-state index is 0.406. The molecule has 0 amide bonds.